The SMILES string of the molecule is CO/N=C(\C(=O)N[C@@H]1C(=O)N2C(C(=O)OCc3ccc(OC)cc3)=C(/C=C/c3cc(C#N)no3)CS[C@H]12)c1csc(NC(c2ccccc2)(c2ccccc2)c2ccccc2)n1. The van der Waals surface area contributed by atoms with Gasteiger partial charge in [-0.1, -0.05) is 120 Å². The molecule has 8 rings (SSSR count). The lowest BCUT2D eigenvalue weighted by molar-refractivity contribution is -0.153. The van der Waals surface area contributed by atoms with Crippen LogP contribution in [0.25, 0.3) is 6.08 Å². The van der Waals surface area contributed by atoms with Gasteiger partial charge < -0.3 is 29.5 Å². The smallest absolute Gasteiger partial charge is 0.355 e. The minimum absolute atomic E-state index is 0.0220. The summed E-state index contributed by atoms with van der Waals surface area (Å²) in [7, 11) is 2.88. The van der Waals surface area contributed by atoms with Gasteiger partial charge in [0.05, 0.1) is 7.11 Å². The minimum Gasteiger partial charge on any atom is -0.497 e. The summed E-state index contributed by atoms with van der Waals surface area (Å²) in [5.41, 5.74) is 3.42. The Balaban J connectivity index is 1.04. The third-order valence-corrected chi connectivity index (χ3v) is 12.2. The number of rotatable bonds is 15. The Morgan fingerprint density at radius 2 is 1.60 bits per heavy atom. The monoisotopic (exact) mass is 863 g/mol. The van der Waals surface area contributed by atoms with Gasteiger partial charge in [-0.05, 0) is 46.0 Å². The molecular formula is C46H37N7O7S2. The van der Waals surface area contributed by atoms with Crippen molar-refractivity contribution in [1.29, 1.82) is 5.26 Å². The Morgan fingerprint density at radius 1 is 0.952 bits per heavy atom. The van der Waals surface area contributed by atoms with Crippen LogP contribution < -0.4 is 15.4 Å². The number of nitrogens with one attached hydrogen (secondary N) is 2. The lowest BCUT2D eigenvalue weighted by Gasteiger charge is -2.49. The molecule has 2 atom stereocenters. The van der Waals surface area contributed by atoms with E-state index in [1.54, 1.807) is 48.9 Å². The molecule has 14 nitrogen and oxygen atoms in total. The Labute approximate surface area is 364 Å². The first-order valence-electron chi connectivity index (χ1n) is 19.2. The Kier molecular flexibility index (Phi) is 12.3. The first kappa shape index (κ1) is 41.3. The molecule has 16 heteroatoms. The van der Waals surface area contributed by atoms with Gasteiger partial charge in [-0.2, -0.15) is 5.26 Å². The van der Waals surface area contributed by atoms with Crippen molar-refractivity contribution in [2.45, 2.75) is 23.6 Å². The number of β-lactam (4-membered cyclic amide) rings is 1. The van der Waals surface area contributed by atoms with Crippen LogP contribution >= 0.6 is 23.1 Å². The van der Waals surface area contributed by atoms with Gasteiger partial charge in [0.2, 0.25) is 0 Å². The molecule has 2 aliphatic heterocycles. The standard InChI is InChI=1S/C46H37N7O7S2/c1-57-35-21-18-29(19-22-35)26-59-44(56)40-30(20-23-36-24-34(25-47)51-60-36)27-61-43-39(42(55)53(40)43)49-41(54)38(52-58-2)37-28-62-45(48-37)50-46(31-12-6-3-7-13-31,32-14-8-4-9-15-32)33-16-10-5-11-17-33/h3-24,28,39,43H,26-27H2,1-2H3,(H,48,50)(H,49,54)/b23-20+,52-38-/t39-,43-/m1/s1. The summed E-state index contributed by atoms with van der Waals surface area (Å²) in [4.78, 5) is 53.2. The number of anilines is 1. The highest BCUT2D eigenvalue weighted by Gasteiger charge is 2.54. The maximum absolute atomic E-state index is 14.1. The van der Waals surface area contributed by atoms with Gasteiger partial charge in [0, 0.05) is 17.2 Å². The van der Waals surface area contributed by atoms with Crippen LogP contribution in [0, 0.1) is 11.3 Å². The molecule has 1 saturated heterocycles. The summed E-state index contributed by atoms with van der Waals surface area (Å²) < 4.78 is 16.2. The van der Waals surface area contributed by atoms with E-state index >= 15 is 0 Å². The van der Waals surface area contributed by atoms with Gasteiger partial charge in [0.1, 0.15) is 53.9 Å². The molecule has 0 saturated carbocycles. The number of carbonyl (C=O) groups excluding carboxylic acids is 3. The van der Waals surface area contributed by atoms with Crippen molar-refractivity contribution in [3.63, 3.8) is 0 Å². The normalized spacial score (nSPS) is 16.2. The molecule has 0 unspecified atom stereocenters. The number of hydrogen-bond acceptors (Lipinski definition) is 14. The van der Waals surface area contributed by atoms with Crippen LogP contribution in [-0.4, -0.2) is 69.9 Å². The lowest BCUT2D eigenvalue weighted by atomic mass is 9.77. The van der Waals surface area contributed by atoms with Gasteiger partial charge in [0.15, 0.2) is 22.3 Å². The molecule has 4 heterocycles. The van der Waals surface area contributed by atoms with Gasteiger partial charge in [-0.3, -0.25) is 14.5 Å². The first-order chi connectivity index (χ1) is 30.3. The molecule has 2 aliphatic rings. The molecule has 4 aromatic carbocycles. The van der Waals surface area contributed by atoms with Crippen molar-refractivity contribution < 1.29 is 33.2 Å². The minimum atomic E-state index is -1.02. The Morgan fingerprint density at radius 3 is 2.18 bits per heavy atom. The van der Waals surface area contributed by atoms with Crippen molar-refractivity contribution in [2.24, 2.45) is 5.16 Å². The number of methoxy groups -OCH3 is 1. The summed E-state index contributed by atoms with van der Waals surface area (Å²) in [6.07, 6.45) is 3.17. The second kappa shape index (κ2) is 18.4. The second-order valence-electron chi connectivity index (χ2n) is 13.9. The summed E-state index contributed by atoms with van der Waals surface area (Å²) in [5, 5.41) is 25.0. The number of nitrogens with zero attached hydrogens (tertiary/aromatic N) is 5. The quantitative estimate of drug-likeness (QED) is 0.0360. The van der Waals surface area contributed by atoms with Gasteiger partial charge in [-0.15, -0.1) is 23.1 Å². The largest absolute Gasteiger partial charge is 0.497 e. The molecule has 0 aliphatic carbocycles. The molecule has 2 aromatic heterocycles. The Bertz CT molecular complexity index is 2620. The second-order valence-corrected chi connectivity index (χ2v) is 15.8. The number of fused-ring (bicyclic) bond motifs is 1. The van der Waals surface area contributed by atoms with Crippen LogP contribution in [0.15, 0.2) is 154 Å². The number of amides is 2. The summed E-state index contributed by atoms with van der Waals surface area (Å²) in [6, 6.07) is 39.5. The fourth-order valence-corrected chi connectivity index (χ4v) is 9.26. The van der Waals surface area contributed by atoms with Crippen LogP contribution in [0.2, 0.25) is 0 Å². The number of benzene rings is 4. The Hall–Kier alpha value is -7.48. The molecule has 0 radical (unpaired) electrons. The topological polar surface area (TPSA) is 181 Å². The van der Waals surface area contributed by atoms with E-state index in [0.717, 1.165) is 16.7 Å². The summed E-state index contributed by atoms with van der Waals surface area (Å²) in [5.74, 6) is -0.755. The van der Waals surface area contributed by atoms with E-state index in [0.29, 0.717) is 22.0 Å². The van der Waals surface area contributed by atoms with Crippen molar-refractivity contribution in [2.75, 3.05) is 25.3 Å². The zero-order chi connectivity index (χ0) is 43.1. The van der Waals surface area contributed by atoms with E-state index in [1.165, 1.54) is 41.2 Å². The number of thiazole rings is 1. The number of esters is 1. The maximum Gasteiger partial charge on any atom is 0.355 e. The number of allylic oxidation sites excluding steroid dienone is 1. The average molecular weight is 864 g/mol. The van der Waals surface area contributed by atoms with Crippen LogP contribution in [0.4, 0.5) is 5.13 Å². The van der Waals surface area contributed by atoms with E-state index < -0.39 is 34.7 Å². The van der Waals surface area contributed by atoms with E-state index in [9.17, 15) is 14.4 Å². The fourth-order valence-electron chi connectivity index (χ4n) is 7.19. The van der Waals surface area contributed by atoms with Gasteiger partial charge in [0.25, 0.3) is 11.8 Å². The number of ether oxygens (including phenoxy) is 2. The molecule has 310 valence electrons. The van der Waals surface area contributed by atoms with Crippen LogP contribution in [0.5, 0.6) is 5.75 Å². The van der Waals surface area contributed by atoms with E-state index in [1.807, 2.05) is 60.7 Å². The molecule has 0 bridgehead atoms. The third-order valence-electron chi connectivity index (χ3n) is 10.2. The van der Waals surface area contributed by atoms with E-state index in [4.69, 9.17) is 29.1 Å². The van der Waals surface area contributed by atoms with Crippen LogP contribution in [0.1, 0.15) is 39.4 Å². The first-order valence-corrected chi connectivity index (χ1v) is 21.1. The maximum atomic E-state index is 14.1. The number of carbonyl (C=O) groups is 3. The lowest BCUT2D eigenvalue weighted by Crippen LogP contribution is -2.71. The average Bonchev–Trinajstić information content (AvgIpc) is 4.00. The van der Waals surface area contributed by atoms with Crippen LogP contribution in [0.3, 0.4) is 0 Å². The molecule has 62 heavy (non-hydrogen) atoms. The van der Waals surface area contributed by atoms with Crippen molar-refractivity contribution in [3.8, 4) is 11.8 Å². The van der Waals surface area contributed by atoms with Gasteiger partial charge in [-0.25, -0.2) is 9.78 Å². The number of oxime groups is 1. The fraction of sp³-hybridized carbons (Fsp3) is 0.152. The highest BCUT2D eigenvalue weighted by atomic mass is 32.2. The number of thioether (sulfide) groups is 1. The van der Waals surface area contributed by atoms with E-state index in [2.05, 4.69) is 57.3 Å². The number of hydrogen-bond donors (Lipinski definition) is 2. The predicted molar refractivity (Wildman–Crippen MR) is 234 cm³/mol. The molecule has 6 aromatic rings. The predicted octanol–water partition coefficient (Wildman–Crippen LogP) is 6.88. The molecule has 2 amide bonds. The van der Waals surface area contributed by atoms with E-state index in [-0.39, 0.29) is 40.9 Å². The zero-order valence-corrected chi connectivity index (χ0v) is 34.9. The number of aromatic nitrogens is 2. The molecule has 1 fully saturated rings. The summed E-state index contributed by atoms with van der Waals surface area (Å²) >= 11 is 2.64. The molecule has 0 spiro atoms. The van der Waals surface area contributed by atoms with Crippen LogP contribution in [-0.2, 0) is 36.1 Å². The zero-order valence-electron chi connectivity index (χ0n) is 33.3. The van der Waals surface area contributed by atoms with Crippen molar-refractivity contribution >= 4 is 57.8 Å². The summed E-state index contributed by atoms with van der Waals surface area (Å²) in [6.45, 7) is -0.0680. The van der Waals surface area contributed by atoms with Gasteiger partial charge >= 0.3 is 5.97 Å². The molecule has 2 N–H and O–H groups in total. The third kappa shape index (κ3) is 8.31. The van der Waals surface area contributed by atoms with Crippen molar-refractivity contribution in [1.82, 2.24) is 20.4 Å². The van der Waals surface area contributed by atoms with Crippen molar-refractivity contribution in [3.05, 3.63) is 183 Å². The molecular weight excluding hydrogens is 827 g/mol. The highest BCUT2D eigenvalue weighted by Crippen LogP contribution is 2.43. The highest BCUT2D eigenvalue weighted by molar-refractivity contribution is 8.00. The number of nitriles is 1.